The predicted octanol–water partition coefficient (Wildman–Crippen LogP) is 3.70. The molecular weight excluding hydrogens is 419 g/mol. The third-order valence-corrected chi connectivity index (χ3v) is 6.54. The summed E-state index contributed by atoms with van der Waals surface area (Å²) in [6.45, 7) is 6.47. The molecule has 2 fully saturated rings. The molecule has 2 aromatic carbocycles. The number of hydrogen-bond acceptors (Lipinski definition) is 3. The first kappa shape index (κ1) is 20.8. The number of carbonyl (C=O) groups is 2. The summed E-state index contributed by atoms with van der Waals surface area (Å²) in [4.78, 5) is 29.8. The SMILES string of the molecule is C=CC(=O)N1CC2(CN(Cc3cc4c(c(C(F)(F)F)c3)CN(c3ccccc3)C4=O)C2)C1. The number of alkyl halides is 3. The number of halogens is 3. The maximum absolute atomic E-state index is 13.9. The Morgan fingerprint density at radius 1 is 1.09 bits per heavy atom. The molecule has 166 valence electrons. The van der Waals surface area contributed by atoms with E-state index < -0.39 is 17.6 Å². The molecule has 8 heteroatoms. The van der Waals surface area contributed by atoms with Crippen LogP contribution in [0.4, 0.5) is 18.9 Å². The molecule has 0 radical (unpaired) electrons. The molecule has 5 nitrogen and oxygen atoms in total. The van der Waals surface area contributed by atoms with Crippen LogP contribution >= 0.6 is 0 Å². The normalized spacial score (nSPS) is 19.5. The summed E-state index contributed by atoms with van der Waals surface area (Å²) in [5, 5.41) is 0. The standard InChI is InChI=1S/C24H22F3N3O2/c1-2-21(31)29-14-23(15-29)12-28(13-23)10-16-8-18-19(20(9-16)24(25,26)27)11-30(22(18)32)17-6-4-3-5-7-17/h2-9H,1,10-15H2. The van der Waals surface area contributed by atoms with Crippen LogP contribution in [0.25, 0.3) is 0 Å². The van der Waals surface area contributed by atoms with Crippen LogP contribution in [0.15, 0.2) is 55.1 Å². The Kier molecular flexibility index (Phi) is 4.67. The molecule has 3 aliphatic rings. The Labute approximate surface area is 183 Å². The van der Waals surface area contributed by atoms with Crippen LogP contribution in [0.2, 0.25) is 0 Å². The summed E-state index contributed by atoms with van der Waals surface area (Å²) < 4.78 is 41.6. The first-order valence-corrected chi connectivity index (χ1v) is 10.4. The fraction of sp³-hybridized carbons (Fsp3) is 0.333. The van der Waals surface area contributed by atoms with E-state index in [4.69, 9.17) is 0 Å². The van der Waals surface area contributed by atoms with Gasteiger partial charge in [0.05, 0.1) is 12.1 Å². The van der Waals surface area contributed by atoms with Gasteiger partial charge < -0.3 is 9.80 Å². The lowest BCUT2D eigenvalue weighted by molar-refractivity contribution is -0.154. The second-order valence-electron chi connectivity index (χ2n) is 8.94. The Morgan fingerprint density at radius 2 is 1.78 bits per heavy atom. The van der Waals surface area contributed by atoms with Crippen LogP contribution in [0, 0.1) is 5.41 Å². The molecule has 2 aromatic rings. The van der Waals surface area contributed by atoms with E-state index in [1.807, 2.05) is 0 Å². The lowest BCUT2D eigenvalue weighted by Crippen LogP contribution is -2.72. The maximum atomic E-state index is 13.9. The summed E-state index contributed by atoms with van der Waals surface area (Å²) in [6, 6.07) is 11.5. The highest BCUT2D eigenvalue weighted by atomic mass is 19.4. The van der Waals surface area contributed by atoms with Gasteiger partial charge in [-0.15, -0.1) is 0 Å². The fourth-order valence-corrected chi connectivity index (χ4v) is 5.15. The number of nitrogens with zero attached hydrogens (tertiary/aromatic N) is 3. The first-order valence-electron chi connectivity index (χ1n) is 10.4. The number of anilines is 1. The Bertz CT molecular complexity index is 1100. The second kappa shape index (κ2) is 7.20. The van der Waals surface area contributed by atoms with Crippen molar-refractivity contribution in [3.05, 3.63) is 77.4 Å². The van der Waals surface area contributed by atoms with Crippen molar-refractivity contribution in [1.82, 2.24) is 9.80 Å². The monoisotopic (exact) mass is 441 g/mol. The van der Waals surface area contributed by atoms with Gasteiger partial charge in [0.15, 0.2) is 0 Å². The minimum Gasteiger partial charge on any atom is -0.338 e. The molecule has 3 heterocycles. The van der Waals surface area contributed by atoms with E-state index in [-0.39, 0.29) is 29.0 Å². The Hall–Kier alpha value is -3.13. The zero-order chi connectivity index (χ0) is 22.7. The van der Waals surface area contributed by atoms with Crippen molar-refractivity contribution < 1.29 is 22.8 Å². The lowest BCUT2D eigenvalue weighted by atomic mass is 9.72. The summed E-state index contributed by atoms with van der Waals surface area (Å²) >= 11 is 0. The maximum Gasteiger partial charge on any atom is 0.416 e. The van der Waals surface area contributed by atoms with Crippen molar-refractivity contribution in [3.63, 3.8) is 0 Å². The van der Waals surface area contributed by atoms with E-state index in [0.29, 0.717) is 30.9 Å². The molecule has 1 spiro atoms. The fourth-order valence-electron chi connectivity index (χ4n) is 5.15. The van der Waals surface area contributed by atoms with E-state index in [1.165, 1.54) is 17.0 Å². The number of rotatable bonds is 4. The highest BCUT2D eigenvalue weighted by molar-refractivity contribution is 6.10. The molecule has 0 atom stereocenters. The van der Waals surface area contributed by atoms with Crippen molar-refractivity contribution in [1.29, 1.82) is 0 Å². The van der Waals surface area contributed by atoms with Gasteiger partial charge in [0.1, 0.15) is 0 Å². The number of para-hydroxylation sites is 1. The number of amides is 2. The van der Waals surface area contributed by atoms with Gasteiger partial charge in [-0.25, -0.2) is 0 Å². The summed E-state index contributed by atoms with van der Waals surface area (Å²) in [7, 11) is 0. The second-order valence-corrected chi connectivity index (χ2v) is 8.94. The van der Waals surface area contributed by atoms with Gasteiger partial charge >= 0.3 is 6.18 Å². The van der Waals surface area contributed by atoms with Crippen molar-refractivity contribution in [2.75, 3.05) is 31.1 Å². The van der Waals surface area contributed by atoms with Crippen LogP contribution in [0.1, 0.15) is 27.0 Å². The molecule has 3 aliphatic heterocycles. The highest BCUT2D eigenvalue weighted by Crippen LogP contribution is 2.42. The minimum atomic E-state index is -4.54. The number of carbonyl (C=O) groups excluding carboxylic acids is 2. The number of hydrogen-bond donors (Lipinski definition) is 0. The highest BCUT2D eigenvalue weighted by Gasteiger charge is 2.52. The molecule has 0 N–H and O–H groups in total. The van der Waals surface area contributed by atoms with Gasteiger partial charge in [-0.05, 0) is 41.5 Å². The third kappa shape index (κ3) is 3.39. The predicted molar refractivity (Wildman–Crippen MR) is 113 cm³/mol. The average molecular weight is 441 g/mol. The number of likely N-dealkylation sites (tertiary alicyclic amines) is 2. The van der Waals surface area contributed by atoms with E-state index in [0.717, 1.165) is 13.1 Å². The van der Waals surface area contributed by atoms with Crippen LogP contribution in [-0.2, 0) is 24.1 Å². The molecule has 2 amide bonds. The van der Waals surface area contributed by atoms with Gasteiger partial charge in [-0.3, -0.25) is 14.5 Å². The van der Waals surface area contributed by atoms with Gasteiger partial charge in [-0.1, -0.05) is 24.8 Å². The average Bonchev–Trinajstić information content (AvgIpc) is 3.04. The van der Waals surface area contributed by atoms with Gasteiger partial charge in [-0.2, -0.15) is 13.2 Å². The zero-order valence-electron chi connectivity index (χ0n) is 17.4. The molecule has 0 saturated carbocycles. The van der Waals surface area contributed by atoms with Crippen molar-refractivity contribution in [3.8, 4) is 0 Å². The van der Waals surface area contributed by atoms with Gasteiger partial charge in [0.2, 0.25) is 5.91 Å². The summed E-state index contributed by atoms with van der Waals surface area (Å²) in [5.41, 5.74) is 0.512. The van der Waals surface area contributed by atoms with Crippen LogP contribution in [0.3, 0.4) is 0 Å². The summed E-state index contributed by atoms with van der Waals surface area (Å²) in [5.74, 6) is -0.500. The van der Waals surface area contributed by atoms with Gasteiger partial charge in [0, 0.05) is 49.4 Å². The van der Waals surface area contributed by atoms with Crippen molar-refractivity contribution in [2.24, 2.45) is 5.41 Å². The van der Waals surface area contributed by atoms with Crippen LogP contribution in [0.5, 0.6) is 0 Å². The Balaban J connectivity index is 1.35. The molecule has 0 bridgehead atoms. The zero-order valence-corrected chi connectivity index (χ0v) is 17.4. The quantitative estimate of drug-likeness (QED) is 0.680. The van der Waals surface area contributed by atoms with E-state index in [9.17, 15) is 22.8 Å². The lowest BCUT2D eigenvalue weighted by Gasteiger charge is -2.60. The first-order chi connectivity index (χ1) is 15.2. The smallest absolute Gasteiger partial charge is 0.338 e. The van der Waals surface area contributed by atoms with E-state index in [2.05, 4.69) is 11.5 Å². The molecule has 0 aliphatic carbocycles. The Morgan fingerprint density at radius 3 is 2.41 bits per heavy atom. The molecule has 0 unspecified atom stereocenters. The number of fused-ring (bicyclic) bond motifs is 1. The topological polar surface area (TPSA) is 43.9 Å². The molecule has 5 rings (SSSR count). The molecular formula is C24H22F3N3O2. The molecule has 2 saturated heterocycles. The van der Waals surface area contributed by atoms with E-state index in [1.54, 1.807) is 41.3 Å². The van der Waals surface area contributed by atoms with Gasteiger partial charge in [0.25, 0.3) is 5.91 Å². The number of benzene rings is 2. The van der Waals surface area contributed by atoms with Crippen LogP contribution < -0.4 is 4.90 Å². The van der Waals surface area contributed by atoms with Crippen molar-refractivity contribution >= 4 is 17.5 Å². The largest absolute Gasteiger partial charge is 0.416 e. The van der Waals surface area contributed by atoms with Crippen molar-refractivity contribution in [2.45, 2.75) is 19.3 Å². The van der Waals surface area contributed by atoms with Crippen LogP contribution in [-0.4, -0.2) is 47.8 Å². The summed E-state index contributed by atoms with van der Waals surface area (Å²) in [6.07, 6.45) is -3.25. The molecule has 32 heavy (non-hydrogen) atoms. The third-order valence-electron chi connectivity index (χ3n) is 6.54. The van der Waals surface area contributed by atoms with E-state index >= 15 is 0 Å². The minimum absolute atomic E-state index is 0.0299. The molecule has 0 aromatic heterocycles.